The van der Waals surface area contributed by atoms with Crippen molar-refractivity contribution in [3.05, 3.63) is 66.0 Å². The molecule has 2 rings (SSSR count). The van der Waals surface area contributed by atoms with E-state index in [-0.39, 0.29) is 12.8 Å². The van der Waals surface area contributed by atoms with Crippen LogP contribution in [-0.4, -0.2) is 47.7 Å². The van der Waals surface area contributed by atoms with Gasteiger partial charge < -0.3 is 27.4 Å². The lowest BCUT2D eigenvalue weighted by molar-refractivity contribution is -0.133. The average Bonchev–Trinajstić information content (AvgIpc) is 2.78. The summed E-state index contributed by atoms with van der Waals surface area (Å²) >= 11 is 0. The van der Waals surface area contributed by atoms with E-state index in [1.165, 1.54) is 7.05 Å². The Morgan fingerprint density at radius 3 is 2.16 bits per heavy atom. The number of carbonyl (C=O) groups is 4. The standard InChI is InChI=1S/C22H28N6O4/c1-25-21(31)17(11-14-7-9-26-10-8-14)28-22(32)18(13-19(24)29)27-20(30)12-16(23)15-5-3-2-4-6-15/h2-10,16-18H,11-13,23H2,1H3,(H2,24,29)(H,25,31)(H,27,30)(H,28,32)/t16?,17-,18-/m0/s1. The number of hydrogen-bond acceptors (Lipinski definition) is 6. The monoisotopic (exact) mass is 440 g/mol. The molecule has 170 valence electrons. The molecule has 0 aliphatic carbocycles. The van der Waals surface area contributed by atoms with Gasteiger partial charge in [0.15, 0.2) is 0 Å². The van der Waals surface area contributed by atoms with Crippen molar-refractivity contribution in [3.8, 4) is 0 Å². The molecule has 1 heterocycles. The van der Waals surface area contributed by atoms with Crippen molar-refractivity contribution in [2.45, 2.75) is 37.4 Å². The first kappa shape index (κ1) is 24.5. The van der Waals surface area contributed by atoms with E-state index in [4.69, 9.17) is 11.5 Å². The molecule has 3 atom stereocenters. The maximum absolute atomic E-state index is 12.8. The Bertz CT molecular complexity index is 923. The normalized spacial score (nSPS) is 13.3. The first-order valence-electron chi connectivity index (χ1n) is 10.1. The molecule has 0 radical (unpaired) electrons. The van der Waals surface area contributed by atoms with Crippen LogP contribution < -0.4 is 27.4 Å². The fourth-order valence-corrected chi connectivity index (χ4v) is 3.09. The van der Waals surface area contributed by atoms with E-state index in [2.05, 4.69) is 20.9 Å². The van der Waals surface area contributed by atoms with E-state index < -0.39 is 48.2 Å². The highest BCUT2D eigenvalue weighted by Crippen LogP contribution is 2.13. The number of benzene rings is 1. The number of rotatable bonds is 11. The Morgan fingerprint density at radius 2 is 1.56 bits per heavy atom. The van der Waals surface area contributed by atoms with Crippen LogP contribution in [0.25, 0.3) is 0 Å². The maximum atomic E-state index is 12.8. The van der Waals surface area contributed by atoms with Gasteiger partial charge in [-0.25, -0.2) is 0 Å². The predicted molar refractivity (Wildman–Crippen MR) is 118 cm³/mol. The number of carbonyl (C=O) groups excluding carboxylic acids is 4. The number of primary amides is 1. The lowest BCUT2D eigenvalue weighted by Gasteiger charge is -2.23. The molecule has 0 saturated heterocycles. The number of pyridine rings is 1. The van der Waals surface area contributed by atoms with Crippen LogP contribution in [0.4, 0.5) is 0 Å². The molecule has 1 aromatic heterocycles. The molecule has 2 aromatic rings. The molecule has 1 unspecified atom stereocenters. The second-order valence-corrected chi connectivity index (χ2v) is 7.25. The zero-order valence-electron chi connectivity index (χ0n) is 17.8. The Kier molecular flexibility index (Phi) is 9.30. The average molecular weight is 441 g/mol. The molecule has 32 heavy (non-hydrogen) atoms. The van der Waals surface area contributed by atoms with Crippen LogP contribution in [0, 0.1) is 0 Å². The van der Waals surface area contributed by atoms with E-state index >= 15 is 0 Å². The summed E-state index contributed by atoms with van der Waals surface area (Å²) in [5.41, 5.74) is 12.9. The first-order chi connectivity index (χ1) is 15.3. The molecular formula is C22H28N6O4. The molecule has 4 amide bonds. The second kappa shape index (κ2) is 12.2. The molecule has 0 spiro atoms. The lowest BCUT2D eigenvalue weighted by atomic mass is 10.0. The summed E-state index contributed by atoms with van der Waals surface area (Å²) in [7, 11) is 1.45. The highest BCUT2D eigenvalue weighted by molar-refractivity contribution is 5.94. The number of amides is 4. The van der Waals surface area contributed by atoms with Gasteiger partial charge in [0.2, 0.25) is 23.6 Å². The van der Waals surface area contributed by atoms with Crippen LogP contribution in [0.2, 0.25) is 0 Å². The van der Waals surface area contributed by atoms with Crippen LogP contribution in [0.15, 0.2) is 54.9 Å². The zero-order chi connectivity index (χ0) is 23.5. The molecular weight excluding hydrogens is 412 g/mol. The Morgan fingerprint density at radius 1 is 0.906 bits per heavy atom. The fraction of sp³-hybridized carbons (Fsp3) is 0.318. The minimum Gasteiger partial charge on any atom is -0.370 e. The van der Waals surface area contributed by atoms with Gasteiger partial charge in [-0.05, 0) is 23.3 Å². The van der Waals surface area contributed by atoms with E-state index in [0.29, 0.717) is 0 Å². The highest BCUT2D eigenvalue weighted by Gasteiger charge is 2.28. The Balaban J connectivity index is 2.06. The molecule has 0 saturated carbocycles. The van der Waals surface area contributed by atoms with Crippen molar-refractivity contribution in [1.29, 1.82) is 0 Å². The van der Waals surface area contributed by atoms with Crippen LogP contribution >= 0.6 is 0 Å². The minimum atomic E-state index is -1.24. The number of nitrogens with two attached hydrogens (primary N) is 2. The van der Waals surface area contributed by atoms with Gasteiger partial charge in [-0.2, -0.15) is 0 Å². The second-order valence-electron chi connectivity index (χ2n) is 7.25. The van der Waals surface area contributed by atoms with Gasteiger partial charge in [0.1, 0.15) is 12.1 Å². The Labute approximate surface area is 186 Å². The number of hydrogen-bond donors (Lipinski definition) is 5. The third-order valence-corrected chi connectivity index (χ3v) is 4.76. The lowest BCUT2D eigenvalue weighted by Crippen LogP contribution is -2.55. The molecule has 0 fully saturated rings. The largest absolute Gasteiger partial charge is 0.370 e. The van der Waals surface area contributed by atoms with Gasteiger partial charge in [-0.15, -0.1) is 0 Å². The van der Waals surface area contributed by atoms with E-state index in [1.807, 2.05) is 6.07 Å². The first-order valence-corrected chi connectivity index (χ1v) is 10.1. The minimum absolute atomic E-state index is 0.0948. The molecule has 10 heteroatoms. The molecule has 0 bridgehead atoms. The molecule has 0 aliphatic rings. The number of aromatic nitrogens is 1. The summed E-state index contributed by atoms with van der Waals surface area (Å²) in [5, 5.41) is 7.58. The summed E-state index contributed by atoms with van der Waals surface area (Å²) in [5.74, 6) is -2.42. The number of likely N-dealkylation sites (N-methyl/N-ethyl adjacent to an activating group) is 1. The van der Waals surface area contributed by atoms with Crippen molar-refractivity contribution in [1.82, 2.24) is 20.9 Å². The van der Waals surface area contributed by atoms with Crippen molar-refractivity contribution < 1.29 is 19.2 Å². The van der Waals surface area contributed by atoms with Crippen molar-refractivity contribution in [2.75, 3.05) is 7.05 Å². The van der Waals surface area contributed by atoms with Crippen LogP contribution in [0.1, 0.15) is 30.0 Å². The fourth-order valence-electron chi connectivity index (χ4n) is 3.09. The molecule has 7 N–H and O–H groups in total. The van der Waals surface area contributed by atoms with Crippen LogP contribution in [0.3, 0.4) is 0 Å². The Hall–Kier alpha value is -3.79. The third kappa shape index (κ3) is 7.80. The summed E-state index contributed by atoms with van der Waals surface area (Å²) in [6, 6.07) is 9.71. The van der Waals surface area contributed by atoms with Gasteiger partial charge in [0.25, 0.3) is 0 Å². The quantitative estimate of drug-likeness (QED) is 0.309. The van der Waals surface area contributed by atoms with Crippen LogP contribution in [-0.2, 0) is 25.6 Å². The van der Waals surface area contributed by atoms with E-state index in [0.717, 1.165) is 11.1 Å². The van der Waals surface area contributed by atoms with Gasteiger partial charge in [0, 0.05) is 38.3 Å². The molecule has 0 aliphatic heterocycles. The molecule has 10 nitrogen and oxygen atoms in total. The van der Waals surface area contributed by atoms with Gasteiger partial charge in [0.05, 0.1) is 6.42 Å². The summed E-state index contributed by atoms with van der Waals surface area (Å²) in [6.45, 7) is 0. The van der Waals surface area contributed by atoms with Crippen LogP contribution in [0.5, 0.6) is 0 Å². The number of nitrogens with zero attached hydrogens (tertiary/aromatic N) is 1. The third-order valence-electron chi connectivity index (χ3n) is 4.76. The van der Waals surface area contributed by atoms with Crippen molar-refractivity contribution in [2.24, 2.45) is 11.5 Å². The smallest absolute Gasteiger partial charge is 0.243 e. The SMILES string of the molecule is CNC(=O)[C@H](Cc1ccncc1)NC(=O)[C@H](CC(N)=O)NC(=O)CC(N)c1ccccc1. The maximum Gasteiger partial charge on any atom is 0.243 e. The summed E-state index contributed by atoms with van der Waals surface area (Å²) < 4.78 is 0. The van der Waals surface area contributed by atoms with Gasteiger partial charge in [-0.3, -0.25) is 24.2 Å². The van der Waals surface area contributed by atoms with E-state index in [9.17, 15) is 19.2 Å². The van der Waals surface area contributed by atoms with Gasteiger partial charge >= 0.3 is 0 Å². The van der Waals surface area contributed by atoms with Crippen molar-refractivity contribution in [3.63, 3.8) is 0 Å². The topological polar surface area (TPSA) is 169 Å². The number of nitrogens with one attached hydrogen (secondary N) is 3. The summed E-state index contributed by atoms with van der Waals surface area (Å²) in [4.78, 5) is 53.0. The predicted octanol–water partition coefficient (Wildman–Crippen LogP) is -0.695. The zero-order valence-corrected chi connectivity index (χ0v) is 17.8. The summed E-state index contributed by atoms with van der Waals surface area (Å²) in [6.07, 6.45) is 2.83. The van der Waals surface area contributed by atoms with E-state index in [1.54, 1.807) is 48.8 Å². The van der Waals surface area contributed by atoms with Crippen molar-refractivity contribution >= 4 is 23.6 Å². The highest BCUT2D eigenvalue weighted by atomic mass is 16.2. The molecule has 1 aromatic carbocycles. The van der Waals surface area contributed by atoms with Gasteiger partial charge in [-0.1, -0.05) is 30.3 Å².